The number of hydrogen-bond donors (Lipinski definition) is 1. The topological polar surface area (TPSA) is 21.3 Å². The molecular weight excluding hydrogens is 246 g/mol. The summed E-state index contributed by atoms with van der Waals surface area (Å²) >= 11 is 6.11. The number of rotatable bonds is 4. The van der Waals surface area contributed by atoms with E-state index < -0.39 is 0 Å². The fourth-order valence-corrected chi connectivity index (χ4v) is 2.13. The summed E-state index contributed by atoms with van der Waals surface area (Å²) in [5.74, 6) is 0.714. The molecule has 18 heavy (non-hydrogen) atoms. The van der Waals surface area contributed by atoms with Crippen LogP contribution in [0, 0.1) is 0 Å². The summed E-state index contributed by atoms with van der Waals surface area (Å²) in [6.07, 6.45) is 0.869. The van der Waals surface area contributed by atoms with E-state index in [0.29, 0.717) is 10.8 Å². The molecule has 2 aromatic carbocycles. The first kappa shape index (κ1) is 12.8. The Hall–Kier alpha value is -1.67. The average Bonchev–Trinajstić information content (AvgIpc) is 2.40. The summed E-state index contributed by atoms with van der Waals surface area (Å²) in [7, 11) is 3.54. The van der Waals surface area contributed by atoms with Crippen LogP contribution in [0.3, 0.4) is 0 Å². The molecule has 0 fully saturated rings. The number of ether oxygens (including phenoxy) is 1. The zero-order valence-corrected chi connectivity index (χ0v) is 11.3. The average molecular weight is 262 g/mol. The number of anilines is 1. The van der Waals surface area contributed by atoms with Crippen LogP contribution in [0.4, 0.5) is 5.69 Å². The molecule has 0 aliphatic carbocycles. The molecule has 0 spiro atoms. The number of methoxy groups -OCH3 is 1. The second kappa shape index (κ2) is 5.78. The van der Waals surface area contributed by atoms with Gasteiger partial charge in [-0.1, -0.05) is 29.8 Å². The third-order valence-corrected chi connectivity index (χ3v) is 3.16. The number of halogens is 1. The number of hydrogen-bond acceptors (Lipinski definition) is 2. The van der Waals surface area contributed by atoms with Gasteiger partial charge in [-0.3, -0.25) is 0 Å². The van der Waals surface area contributed by atoms with Gasteiger partial charge in [-0.2, -0.15) is 0 Å². The highest BCUT2D eigenvalue weighted by molar-refractivity contribution is 6.32. The number of benzene rings is 2. The molecule has 0 aliphatic rings. The molecule has 0 amide bonds. The Kier molecular flexibility index (Phi) is 4.11. The Morgan fingerprint density at radius 1 is 1.06 bits per heavy atom. The van der Waals surface area contributed by atoms with Crippen LogP contribution >= 0.6 is 11.6 Å². The van der Waals surface area contributed by atoms with E-state index in [2.05, 4.69) is 29.6 Å². The molecular formula is C15H16ClNO. The predicted octanol–water partition coefficient (Wildman–Crippen LogP) is 3.98. The second-order valence-electron chi connectivity index (χ2n) is 4.09. The van der Waals surface area contributed by atoms with E-state index in [4.69, 9.17) is 16.3 Å². The summed E-state index contributed by atoms with van der Waals surface area (Å²) in [5.41, 5.74) is 3.56. The van der Waals surface area contributed by atoms with Crippen molar-refractivity contribution in [3.05, 3.63) is 58.6 Å². The van der Waals surface area contributed by atoms with Crippen LogP contribution in [0.5, 0.6) is 5.75 Å². The van der Waals surface area contributed by atoms with E-state index in [0.717, 1.165) is 12.1 Å². The van der Waals surface area contributed by atoms with Crippen LogP contribution in [0.2, 0.25) is 5.02 Å². The zero-order valence-electron chi connectivity index (χ0n) is 10.5. The molecule has 0 radical (unpaired) electrons. The van der Waals surface area contributed by atoms with E-state index in [-0.39, 0.29) is 0 Å². The first-order chi connectivity index (χ1) is 8.72. The van der Waals surface area contributed by atoms with Crippen LogP contribution < -0.4 is 10.1 Å². The van der Waals surface area contributed by atoms with Crippen molar-refractivity contribution in [3.63, 3.8) is 0 Å². The van der Waals surface area contributed by atoms with E-state index in [1.54, 1.807) is 7.11 Å². The van der Waals surface area contributed by atoms with Gasteiger partial charge >= 0.3 is 0 Å². The van der Waals surface area contributed by atoms with Crippen LogP contribution in [-0.4, -0.2) is 14.2 Å². The van der Waals surface area contributed by atoms with Crippen molar-refractivity contribution in [3.8, 4) is 5.75 Å². The van der Waals surface area contributed by atoms with Crippen molar-refractivity contribution < 1.29 is 4.74 Å². The standard InChI is InChI=1S/C15H16ClNO/c1-17-13-6-3-11(4-7-13)9-12-5-8-15(18-2)14(16)10-12/h3-8,10,17H,9H2,1-2H3. The minimum atomic E-state index is 0.654. The predicted molar refractivity (Wildman–Crippen MR) is 76.8 cm³/mol. The maximum atomic E-state index is 6.11. The van der Waals surface area contributed by atoms with Gasteiger partial charge in [-0.15, -0.1) is 0 Å². The monoisotopic (exact) mass is 261 g/mol. The first-order valence-electron chi connectivity index (χ1n) is 5.82. The Morgan fingerprint density at radius 3 is 2.28 bits per heavy atom. The van der Waals surface area contributed by atoms with Crippen molar-refractivity contribution in [2.75, 3.05) is 19.5 Å². The van der Waals surface area contributed by atoms with Gasteiger partial charge in [0.05, 0.1) is 12.1 Å². The Bertz CT molecular complexity index is 523. The maximum absolute atomic E-state index is 6.11. The normalized spacial score (nSPS) is 10.2. The molecule has 94 valence electrons. The van der Waals surface area contributed by atoms with Crippen LogP contribution in [0.1, 0.15) is 11.1 Å². The number of nitrogens with one attached hydrogen (secondary N) is 1. The summed E-state index contributed by atoms with van der Waals surface area (Å²) in [4.78, 5) is 0. The fraction of sp³-hybridized carbons (Fsp3) is 0.200. The minimum Gasteiger partial charge on any atom is -0.495 e. The molecule has 3 heteroatoms. The SMILES string of the molecule is CNc1ccc(Cc2ccc(OC)c(Cl)c2)cc1. The molecule has 0 aromatic heterocycles. The Balaban J connectivity index is 2.15. The Morgan fingerprint density at radius 2 is 1.72 bits per heavy atom. The van der Waals surface area contributed by atoms with Gasteiger partial charge < -0.3 is 10.1 Å². The molecule has 0 saturated heterocycles. The maximum Gasteiger partial charge on any atom is 0.137 e. The van der Waals surface area contributed by atoms with Crippen molar-refractivity contribution in [2.24, 2.45) is 0 Å². The van der Waals surface area contributed by atoms with Gasteiger partial charge in [0.1, 0.15) is 5.75 Å². The smallest absolute Gasteiger partial charge is 0.137 e. The van der Waals surface area contributed by atoms with E-state index in [1.807, 2.05) is 25.2 Å². The summed E-state index contributed by atoms with van der Waals surface area (Å²) in [6.45, 7) is 0. The first-order valence-corrected chi connectivity index (χ1v) is 6.20. The molecule has 2 nitrogen and oxygen atoms in total. The molecule has 0 heterocycles. The molecule has 1 N–H and O–H groups in total. The van der Waals surface area contributed by atoms with Crippen LogP contribution in [-0.2, 0) is 6.42 Å². The van der Waals surface area contributed by atoms with Gasteiger partial charge in [0.2, 0.25) is 0 Å². The molecule has 0 atom stereocenters. The summed E-state index contributed by atoms with van der Waals surface area (Å²) in [5, 5.41) is 3.76. The molecule has 0 unspecified atom stereocenters. The summed E-state index contributed by atoms with van der Waals surface area (Å²) < 4.78 is 5.14. The largest absolute Gasteiger partial charge is 0.495 e. The second-order valence-corrected chi connectivity index (χ2v) is 4.50. The third kappa shape index (κ3) is 2.96. The highest BCUT2D eigenvalue weighted by atomic mass is 35.5. The molecule has 0 saturated carbocycles. The van der Waals surface area contributed by atoms with Gasteiger partial charge in [-0.05, 0) is 41.8 Å². The zero-order chi connectivity index (χ0) is 13.0. The van der Waals surface area contributed by atoms with Gasteiger partial charge in [0, 0.05) is 12.7 Å². The Labute approximate surface area is 113 Å². The lowest BCUT2D eigenvalue weighted by Gasteiger charge is -2.07. The highest BCUT2D eigenvalue weighted by Gasteiger charge is 2.02. The van der Waals surface area contributed by atoms with Crippen molar-refractivity contribution in [2.45, 2.75) is 6.42 Å². The molecule has 0 aliphatic heterocycles. The quantitative estimate of drug-likeness (QED) is 0.899. The van der Waals surface area contributed by atoms with Crippen molar-refractivity contribution in [1.29, 1.82) is 0 Å². The lowest BCUT2D eigenvalue weighted by molar-refractivity contribution is 0.415. The van der Waals surface area contributed by atoms with Crippen molar-refractivity contribution >= 4 is 17.3 Å². The van der Waals surface area contributed by atoms with Crippen molar-refractivity contribution in [1.82, 2.24) is 0 Å². The van der Waals surface area contributed by atoms with E-state index >= 15 is 0 Å². The molecule has 0 bridgehead atoms. The van der Waals surface area contributed by atoms with E-state index in [1.165, 1.54) is 11.1 Å². The van der Waals surface area contributed by atoms with Gasteiger partial charge in [-0.25, -0.2) is 0 Å². The third-order valence-electron chi connectivity index (χ3n) is 2.87. The lowest BCUT2D eigenvalue weighted by atomic mass is 10.0. The molecule has 2 rings (SSSR count). The van der Waals surface area contributed by atoms with Gasteiger partial charge in [0.15, 0.2) is 0 Å². The van der Waals surface area contributed by atoms with Crippen LogP contribution in [0.25, 0.3) is 0 Å². The van der Waals surface area contributed by atoms with Gasteiger partial charge in [0.25, 0.3) is 0 Å². The lowest BCUT2D eigenvalue weighted by Crippen LogP contribution is -1.92. The molecule has 2 aromatic rings. The minimum absolute atomic E-state index is 0.654. The fourth-order valence-electron chi connectivity index (χ4n) is 1.84. The summed E-state index contributed by atoms with van der Waals surface area (Å²) in [6, 6.07) is 14.3. The van der Waals surface area contributed by atoms with Crippen LogP contribution in [0.15, 0.2) is 42.5 Å². The van der Waals surface area contributed by atoms with E-state index in [9.17, 15) is 0 Å². The highest BCUT2D eigenvalue weighted by Crippen LogP contribution is 2.26.